The van der Waals surface area contributed by atoms with Crippen molar-refractivity contribution in [1.29, 1.82) is 0 Å². The van der Waals surface area contributed by atoms with Crippen LogP contribution >= 0.6 is 0 Å². The molecule has 0 aliphatic heterocycles. The maximum atomic E-state index is 12.6. The van der Waals surface area contributed by atoms with Crippen molar-refractivity contribution in [2.45, 2.75) is 25.9 Å². The van der Waals surface area contributed by atoms with E-state index in [2.05, 4.69) is 15.0 Å². The molecule has 0 radical (unpaired) electrons. The first-order chi connectivity index (χ1) is 14.6. The smallest absolute Gasteiger partial charge is 0.367 e. The van der Waals surface area contributed by atoms with E-state index in [4.69, 9.17) is 0 Å². The number of aromatic nitrogens is 4. The van der Waals surface area contributed by atoms with E-state index in [1.165, 1.54) is 22.5 Å². The fourth-order valence-electron chi connectivity index (χ4n) is 2.97. The van der Waals surface area contributed by atoms with Gasteiger partial charge in [0.15, 0.2) is 11.2 Å². The number of amides is 1. The van der Waals surface area contributed by atoms with Gasteiger partial charge in [-0.15, -0.1) is 0 Å². The minimum absolute atomic E-state index is 0.117. The molecule has 0 aliphatic rings. The van der Waals surface area contributed by atoms with Crippen LogP contribution < -0.4 is 16.6 Å². The summed E-state index contributed by atoms with van der Waals surface area (Å²) in [5.41, 5.74) is 0.409. The predicted octanol–water partition coefficient (Wildman–Crippen LogP) is 0.829. The summed E-state index contributed by atoms with van der Waals surface area (Å²) in [4.78, 5) is 41.3. The number of carbonyl (C=O) groups is 1. The van der Waals surface area contributed by atoms with Gasteiger partial charge in [-0.05, 0) is 11.1 Å². The summed E-state index contributed by atoms with van der Waals surface area (Å²) in [6.07, 6.45) is -2.97. The molecule has 0 spiro atoms. The molecule has 3 rings (SSSR count). The lowest BCUT2D eigenvalue weighted by atomic mass is 10.1. The van der Waals surface area contributed by atoms with Gasteiger partial charge in [-0.3, -0.25) is 14.2 Å². The molecule has 12 heteroatoms. The highest BCUT2D eigenvalue weighted by atomic mass is 19.4. The molecule has 0 saturated carbocycles. The molecular weight excluding hydrogens is 419 g/mol. The lowest BCUT2D eigenvalue weighted by Crippen LogP contribution is -2.43. The summed E-state index contributed by atoms with van der Waals surface area (Å²) in [5.74, 6) is -0.543. The lowest BCUT2D eigenvalue weighted by molar-refractivity contribution is -0.176. The number of carbonyl (C=O) groups excluding carboxylic acids is 1. The standard InChI is InChI=1S/C19H20F3N5O4/c1-25-11-24-16-15(25)17(29)27(18(30)26(16)2)8-14(28)23-7-12-3-5-13(6-4-12)9-31-10-19(20,21)22/h3-6,11H,7-10H2,1-2H3,(H,23,28). The summed E-state index contributed by atoms with van der Waals surface area (Å²) < 4.78 is 44.4. The number of halogens is 3. The SMILES string of the molecule is Cn1cnc2c1c(=O)n(CC(=O)NCc1ccc(COCC(F)(F)F)cc1)c(=O)n2C. The Morgan fingerprint density at radius 3 is 2.42 bits per heavy atom. The van der Waals surface area contributed by atoms with Gasteiger partial charge in [-0.25, -0.2) is 14.3 Å². The van der Waals surface area contributed by atoms with Gasteiger partial charge in [-0.1, -0.05) is 24.3 Å². The zero-order valence-corrected chi connectivity index (χ0v) is 16.8. The van der Waals surface area contributed by atoms with E-state index in [0.29, 0.717) is 11.1 Å². The fourth-order valence-corrected chi connectivity index (χ4v) is 2.97. The number of rotatable bonds is 7. The molecule has 1 aromatic carbocycles. The first kappa shape index (κ1) is 22.3. The Morgan fingerprint density at radius 2 is 1.77 bits per heavy atom. The van der Waals surface area contributed by atoms with Crippen molar-refractivity contribution in [2.75, 3.05) is 6.61 Å². The van der Waals surface area contributed by atoms with Gasteiger partial charge in [0.05, 0.1) is 12.9 Å². The highest BCUT2D eigenvalue weighted by Crippen LogP contribution is 2.15. The molecule has 3 aromatic rings. The lowest BCUT2D eigenvalue weighted by Gasteiger charge is -2.10. The van der Waals surface area contributed by atoms with E-state index < -0.39 is 36.5 Å². The highest BCUT2D eigenvalue weighted by Gasteiger charge is 2.27. The third-order valence-corrected chi connectivity index (χ3v) is 4.55. The second-order valence-electron chi connectivity index (χ2n) is 6.96. The Hall–Kier alpha value is -3.41. The Labute approximate surface area is 173 Å². The molecule has 9 nitrogen and oxygen atoms in total. The van der Waals surface area contributed by atoms with Crippen LogP contribution in [0, 0.1) is 0 Å². The van der Waals surface area contributed by atoms with Crippen LogP contribution in [0.25, 0.3) is 11.2 Å². The van der Waals surface area contributed by atoms with E-state index in [1.54, 1.807) is 31.3 Å². The molecule has 0 saturated heterocycles. The van der Waals surface area contributed by atoms with Gasteiger partial charge in [0, 0.05) is 20.6 Å². The third-order valence-electron chi connectivity index (χ3n) is 4.55. The van der Waals surface area contributed by atoms with Crippen molar-refractivity contribution < 1.29 is 22.7 Å². The van der Waals surface area contributed by atoms with Gasteiger partial charge in [0.25, 0.3) is 5.56 Å². The van der Waals surface area contributed by atoms with Crippen LogP contribution in [0.5, 0.6) is 0 Å². The number of aryl methyl sites for hydroxylation is 2. The Morgan fingerprint density at radius 1 is 1.13 bits per heavy atom. The maximum Gasteiger partial charge on any atom is 0.411 e. The average Bonchev–Trinajstić information content (AvgIpc) is 3.10. The number of imidazole rings is 1. The van der Waals surface area contributed by atoms with Gasteiger partial charge >= 0.3 is 11.9 Å². The number of fused-ring (bicyclic) bond motifs is 1. The van der Waals surface area contributed by atoms with Crippen molar-refractivity contribution in [3.8, 4) is 0 Å². The second-order valence-corrected chi connectivity index (χ2v) is 6.96. The monoisotopic (exact) mass is 439 g/mol. The molecule has 0 fully saturated rings. The third kappa shape index (κ3) is 5.20. The van der Waals surface area contributed by atoms with Crippen molar-refractivity contribution in [2.24, 2.45) is 14.1 Å². The molecule has 31 heavy (non-hydrogen) atoms. The van der Waals surface area contributed by atoms with Crippen LogP contribution in [0.1, 0.15) is 11.1 Å². The minimum atomic E-state index is -4.38. The van der Waals surface area contributed by atoms with Crippen molar-refractivity contribution in [3.05, 3.63) is 62.6 Å². The highest BCUT2D eigenvalue weighted by molar-refractivity contribution is 5.76. The summed E-state index contributed by atoms with van der Waals surface area (Å²) in [7, 11) is 3.08. The van der Waals surface area contributed by atoms with E-state index in [1.807, 2.05) is 0 Å². The summed E-state index contributed by atoms with van der Waals surface area (Å²) in [5, 5.41) is 2.61. The second kappa shape index (κ2) is 8.76. The van der Waals surface area contributed by atoms with Crippen LogP contribution in [0.15, 0.2) is 40.2 Å². The Kier molecular flexibility index (Phi) is 6.29. The zero-order valence-electron chi connectivity index (χ0n) is 16.8. The molecule has 166 valence electrons. The number of benzene rings is 1. The van der Waals surface area contributed by atoms with Gasteiger partial charge in [0.2, 0.25) is 5.91 Å². The minimum Gasteiger partial charge on any atom is -0.367 e. The van der Waals surface area contributed by atoms with E-state index in [-0.39, 0.29) is 24.3 Å². The van der Waals surface area contributed by atoms with E-state index >= 15 is 0 Å². The first-order valence-corrected chi connectivity index (χ1v) is 9.16. The molecule has 0 bridgehead atoms. The van der Waals surface area contributed by atoms with Gasteiger partial charge in [-0.2, -0.15) is 13.2 Å². The van der Waals surface area contributed by atoms with Crippen LogP contribution in [-0.2, 0) is 43.3 Å². The van der Waals surface area contributed by atoms with Crippen molar-refractivity contribution in [3.63, 3.8) is 0 Å². The van der Waals surface area contributed by atoms with Crippen molar-refractivity contribution in [1.82, 2.24) is 24.0 Å². The van der Waals surface area contributed by atoms with Crippen molar-refractivity contribution >= 4 is 17.1 Å². The number of ether oxygens (including phenoxy) is 1. The average molecular weight is 439 g/mol. The number of hydrogen-bond donors (Lipinski definition) is 1. The Balaban J connectivity index is 1.62. The first-order valence-electron chi connectivity index (χ1n) is 9.16. The van der Waals surface area contributed by atoms with Crippen LogP contribution in [0.4, 0.5) is 13.2 Å². The molecule has 0 aliphatic carbocycles. The summed E-state index contributed by atoms with van der Waals surface area (Å²) in [6, 6.07) is 6.46. The van der Waals surface area contributed by atoms with Crippen LogP contribution in [-0.4, -0.2) is 37.4 Å². The van der Waals surface area contributed by atoms with E-state index in [9.17, 15) is 27.6 Å². The number of hydrogen-bond acceptors (Lipinski definition) is 5. The number of nitrogens with one attached hydrogen (secondary N) is 1. The van der Waals surface area contributed by atoms with Crippen LogP contribution in [0.2, 0.25) is 0 Å². The number of alkyl halides is 3. The molecule has 0 atom stereocenters. The zero-order chi connectivity index (χ0) is 22.8. The Bertz CT molecular complexity index is 1210. The maximum absolute atomic E-state index is 12.6. The number of nitrogens with zero attached hydrogens (tertiary/aromatic N) is 4. The molecular formula is C19H20F3N5O4. The summed E-state index contributed by atoms with van der Waals surface area (Å²) >= 11 is 0. The molecule has 2 heterocycles. The quantitative estimate of drug-likeness (QED) is 0.588. The predicted molar refractivity (Wildman–Crippen MR) is 104 cm³/mol. The largest absolute Gasteiger partial charge is 0.411 e. The molecule has 2 aromatic heterocycles. The summed E-state index contributed by atoms with van der Waals surface area (Å²) in [6.45, 7) is -1.86. The van der Waals surface area contributed by atoms with Gasteiger partial charge < -0.3 is 14.6 Å². The van der Waals surface area contributed by atoms with E-state index in [0.717, 1.165) is 4.57 Å². The molecule has 1 N–H and O–H groups in total. The topological polar surface area (TPSA) is 100 Å². The molecule has 0 unspecified atom stereocenters. The normalized spacial score (nSPS) is 11.8. The van der Waals surface area contributed by atoms with Gasteiger partial charge in [0.1, 0.15) is 13.2 Å². The molecule has 1 amide bonds. The fraction of sp³-hybridized carbons (Fsp3) is 0.368. The van der Waals surface area contributed by atoms with Crippen LogP contribution in [0.3, 0.4) is 0 Å².